The number of carbonyl (C=O) groups excluding carboxylic acids is 2. The van der Waals surface area contributed by atoms with Gasteiger partial charge < -0.3 is 14.4 Å². The molecule has 26 heavy (non-hydrogen) atoms. The molecular weight excluding hydrogens is 362 g/mol. The third-order valence-corrected chi connectivity index (χ3v) is 6.07. The molecule has 1 atom stereocenters. The molecule has 0 aromatic heterocycles. The Kier molecular flexibility index (Phi) is 3.94. The van der Waals surface area contributed by atoms with Crippen LogP contribution in [0.2, 0.25) is 0 Å². The van der Waals surface area contributed by atoms with Crippen LogP contribution in [-0.4, -0.2) is 73.8 Å². The second kappa shape index (κ2) is 6.04. The number of imide groups is 1. The Labute approximate surface area is 151 Å². The predicted molar refractivity (Wildman–Crippen MR) is 90.5 cm³/mol. The number of benzene rings is 1. The molecule has 0 N–H and O–H groups in total. The normalized spacial score (nSPS) is 22.4. The van der Waals surface area contributed by atoms with Crippen molar-refractivity contribution < 1.29 is 27.5 Å². The van der Waals surface area contributed by atoms with Crippen LogP contribution in [0.4, 0.5) is 9.59 Å². The molecule has 1 aromatic carbocycles. The summed E-state index contributed by atoms with van der Waals surface area (Å²) in [6, 6.07) is 4.52. The molecule has 3 aliphatic heterocycles. The number of nitrogens with zero attached hydrogens (tertiary/aromatic N) is 3. The van der Waals surface area contributed by atoms with Crippen LogP contribution in [0.25, 0.3) is 0 Å². The largest absolute Gasteiger partial charge is 0.454 e. The first-order valence-electron chi connectivity index (χ1n) is 8.32. The molecule has 0 saturated carbocycles. The molecule has 10 heteroatoms. The van der Waals surface area contributed by atoms with Gasteiger partial charge in [-0.15, -0.1) is 0 Å². The molecule has 0 spiro atoms. The van der Waals surface area contributed by atoms with E-state index in [9.17, 15) is 18.0 Å². The fourth-order valence-electron chi connectivity index (χ4n) is 3.55. The van der Waals surface area contributed by atoms with Crippen molar-refractivity contribution in [1.82, 2.24) is 14.1 Å². The zero-order valence-electron chi connectivity index (χ0n) is 14.3. The van der Waals surface area contributed by atoms with Crippen molar-refractivity contribution in [2.24, 2.45) is 0 Å². The Bertz CT molecular complexity index is 871. The molecule has 4 rings (SSSR count). The van der Waals surface area contributed by atoms with Crippen LogP contribution in [0, 0.1) is 0 Å². The maximum absolute atomic E-state index is 12.7. The number of fused-ring (bicyclic) bond motifs is 1. The number of ether oxygens (including phenoxy) is 2. The number of likely N-dealkylation sites (tertiary alicyclic amines) is 1. The highest BCUT2D eigenvalue weighted by Gasteiger charge is 2.41. The summed E-state index contributed by atoms with van der Waals surface area (Å²) in [5, 5.41) is 0. The van der Waals surface area contributed by atoms with E-state index in [4.69, 9.17) is 9.47 Å². The van der Waals surface area contributed by atoms with Crippen molar-refractivity contribution in [2.75, 3.05) is 39.2 Å². The van der Waals surface area contributed by atoms with Gasteiger partial charge in [-0.25, -0.2) is 27.2 Å². The quantitative estimate of drug-likeness (QED) is 0.759. The number of carbonyl (C=O) groups is 2. The van der Waals surface area contributed by atoms with Crippen LogP contribution in [0.15, 0.2) is 18.2 Å². The summed E-state index contributed by atoms with van der Waals surface area (Å²) in [5.41, 5.74) is 1.05. The first kappa shape index (κ1) is 17.0. The minimum absolute atomic E-state index is 0.00281. The van der Waals surface area contributed by atoms with Crippen LogP contribution >= 0.6 is 0 Å². The van der Waals surface area contributed by atoms with Crippen molar-refractivity contribution in [1.29, 1.82) is 0 Å². The Morgan fingerprint density at radius 1 is 1.15 bits per heavy atom. The lowest BCUT2D eigenvalue weighted by molar-refractivity contribution is 0.169. The highest BCUT2D eigenvalue weighted by molar-refractivity contribution is 7.88. The molecule has 0 unspecified atom stereocenters. The molecule has 0 bridgehead atoms. The van der Waals surface area contributed by atoms with Gasteiger partial charge in [-0.05, 0) is 24.1 Å². The predicted octanol–water partition coefficient (Wildman–Crippen LogP) is 1.02. The molecule has 3 heterocycles. The van der Waals surface area contributed by atoms with Gasteiger partial charge in [0.05, 0.1) is 19.3 Å². The van der Waals surface area contributed by atoms with Gasteiger partial charge in [0.2, 0.25) is 16.8 Å². The lowest BCUT2D eigenvalue weighted by Gasteiger charge is -2.23. The Balaban J connectivity index is 1.44. The number of urea groups is 2. The van der Waals surface area contributed by atoms with Gasteiger partial charge in [0.1, 0.15) is 0 Å². The number of hydrogen-bond donors (Lipinski definition) is 0. The minimum atomic E-state index is -3.66. The summed E-state index contributed by atoms with van der Waals surface area (Å²) in [6.07, 6.45) is 1.73. The average Bonchev–Trinajstić information content (AvgIpc) is 3.31. The van der Waals surface area contributed by atoms with Crippen molar-refractivity contribution in [2.45, 2.75) is 12.3 Å². The molecule has 4 amide bonds. The smallest absolute Gasteiger partial charge is 0.341 e. The Hall–Kier alpha value is -2.49. The van der Waals surface area contributed by atoms with E-state index in [1.54, 1.807) is 4.90 Å². The summed E-state index contributed by atoms with van der Waals surface area (Å²) < 4.78 is 34.6. The number of sulfonamides is 1. The molecule has 9 nitrogen and oxygen atoms in total. The van der Waals surface area contributed by atoms with E-state index < -0.39 is 22.1 Å². The fourth-order valence-corrected chi connectivity index (χ4v) is 4.34. The molecule has 0 aliphatic carbocycles. The Morgan fingerprint density at radius 2 is 1.92 bits per heavy atom. The van der Waals surface area contributed by atoms with Crippen LogP contribution < -0.4 is 9.47 Å². The number of hydrogen-bond acceptors (Lipinski definition) is 6. The average molecular weight is 381 g/mol. The van der Waals surface area contributed by atoms with E-state index in [2.05, 4.69) is 0 Å². The molecule has 2 fully saturated rings. The third kappa shape index (κ3) is 2.83. The van der Waals surface area contributed by atoms with Gasteiger partial charge in [0, 0.05) is 19.0 Å². The molecule has 2 saturated heterocycles. The fraction of sp³-hybridized carbons (Fsp3) is 0.500. The van der Waals surface area contributed by atoms with Crippen LogP contribution in [0.1, 0.15) is 17.9 Å². The molecular formula is C16H19N3O6S. The van der Waals surface area contributed by atoms with Crippen LogP contribution in [0.3, 0.4) is 0 Å². The van der Waals surface area contributed by atoms with Crippen molar-refractivity contribution >= 4 is 22.1 Å². The monoisotopic (exact) mass is 381 g/mol. The number of amides is 4. The first-order valence-corrected chi connectivity index (χ1v) is 10.2. The van der Waals surface area contributed by atoms with Gasteiger partial charge >= 0.3 is 12.1 Å². The molecule has 1 aromatic rings. The summed E-state index contributed by atoms with van der Waals surface area (Å²) >= 11 is 0. The van der Waals surface area contributed by atoms with E-state index in [0.29, 0.717) is 24.6 Å². The van der Waals surface area contributed by atoms with Crippen molar-refractivity contribution in [3.05, 3.63) is 23.8 Å². The molecule has 3 aliphatic rings. The lowest BCUT2D eigenvalue weighted by atomic mass is 9.98. The van der Waals surface area contributed by atoms with Crippen molar-refractivity contribution in [3.8, 4) is 11.5 Å². The first-order chi connectivity index (χ1) is 12.3. The lowest BCUT2D eigenvalue weighted by Crippen LogP contribution is -2.45. The molecule has 0 radical (unpaired) electrons. The minimum Gasteiger partial charge on any atom is -0.454 e. The maximum Gasteiger partial charge on any atom is 0.341 e. The van der Waals surface area contributed by atoms with Gasteiger partial charge in [0.15, 0.2) is 11.5 Å². The third-order valence-electron chi connectivity index (χ3n) is 4.93. The highest BCUT2D eigenvalue weighted by atomic mass is 32.2. The van der Waals surface area contributed by atoms with Gasteiger partial charge in [0.25, 0.3) is 0 Å². The summed E-state index contributed by atoms with van der Waals surface area (Å²) in [5.74, 6) is 1.55. The Morgan fingerprint density at radius 3 is 2.65 bits per heavy atom. The zero-order valence-corrected chi connectivity index (χ0v) is 15.1. The number of rotatable bonds is 2. The standard InChI is InChI=1S/C16H19N3O6S/c1-26(22,23)19-7-6-18(16(19)21)15(20)17-5-4-12(9-17)11-2-3-13-14(8-11)25-10-24-13/h2-3,8,12H,4-7,9-10H2,1H3/t12-/m1/s1. The second-order valence-electron chi connectivity index (χ2n) is 6.60. The van der Waals surface area contributed by atoms with Crippen LogP contribution in [0.5, 0.6) is 11.5 Å². The van der Waals surface area contributed by atoms with Crippen LogP contribution in [-0.2, 0) is 10.0 Å². The summed E-state index contributed by atoms with van der Waals surface area (Å²) in [6.45, 7) is 1.28. The summed E-state index contributed by atoms with van der Waals surface area (Å²) in [7, 11) is -3.66. The summed E-state index contributed by atoms with van der Waals surface area (Å²) in [4.78, 5) is 27.5. The van der Waals surface area contributed by atoms with E-state index in [0.717, 1.165) is 27.4 Å². The van der Waals surface area contributed by atoms with Gasteiger partial charge in [-0.1, -0.05) is 6.07 Å². The van der Waals surface area contributed by atoms with E-state index in [1.807, 2.05) is 18.2 Å². The zero-order chi connectivity index (χ0) is 18.5. The maximum atomic E-state index is 12.7. The molecule has 140 valence electrons. The van der Waals surface area contributed by atoms with Gasteiger partial charge in [-0.3, -0.25) is 0 Å². The second-order valence-corrected chi connectivity index (χ2v) is 8.50. The van der Waals surface area contributed by atoms with Gasteiger partial charge in [-0.2, -0.15) is 0 Å². The van der Waals surface area contributed by atoms with E-state index in [1.165, 1.54) is 0 Å². The topological polar surface area (TPSA) is 96.5 Å². The van der Waals surface area contributed by atoms with E-state index >= 15 is 0 Å². The SMILES string of the molecule is CS(=O)(=O)N1CCN(C(=O)N2CC[C@@H](c3ccc4c(c3)OCO4)C2)C1=O. The van der Waals surface area contributed by atoms with Crippen molar-refractivity contribution in [3.63, 3.8) is 0 Å². The highest BCUT2D eigenvalue weighted by Crippen LogP contribution is 2.37. The van der Waals surface area contributed by atoms with E-state index in [-0.39, 0.29) is 25.8 Å².